The summed E-state index contributed by atoms with van der Waals surface area (Å²) in [6.45, 7) is 9.44. The predicted molar refractivity (Wildman–Crippen MR) is 78.2 cm³/mol. The molecule has 0 fully saturated rings. The third-order valence-electron chi connectivity index (χ3n) is 2.80. The van der Waals surface area contributed by atoms with Crippen molar-refractivity contribution in [3.05, 3.63) is 16.1 Å². The first-order chi connectivity index (χ1) is 8.54. The summed E-state index contributed by atoms with van der Waals surface area (Å²) in [5.74, 6) is 0. The number of unbranched alkanes of at least 4 members (excludes halogenated alkanes) is 2. The lowest BCUT2D eigenvalue weighted by atomic mass is 9.93. The van der Waals surface area contributed by atoms with Crippen LogP contribution in [-0.2, 0) is 16.7 Å². The predicted octanol–water partition coefficient (Wildman–Crippen LogP) is 3.35. The molecule has 0 amide bonds. The molecular formula is C14H26N2OS. The van der Waals surface area contributed by atoms with Crippen LogP contribution in [0, 0.1) is 0 Å². The Morgan fingerprint density at radius 1 is 1.28 bits per heavy atom. The highest BCUT2D eigenvalue weighted by Gasteiger charge is 2.16. The standard InChI is InChI=1S/C14H26N2OS/c1-14(2,3)12-11-18-13(16-12)10-15-8-6-5-7-9-17-4/h11,15H,5-10H2,1-4H3. The molecule has 1 aromatic rings. The van der Waals surface area contributed by atoms with Gasteiger partial charge in [-0.3, -0.25) is 0 Å². The van der Waals surface area contributed by atoms with E-state index in [1.165, 1.54) is 23.5 Å². The van der Waals surface area contributed by atoms with Gasteiger partial charge in [0.25, 0.3) is 0 Å². The van der Waals surface area contributed by atoms with Crippen molar-refractivity contribution in [3.8, 4) is 0 Å². The summed E-state index contributed by atoms with van der Waals surface area (Å²) in [5, 5.41) is 6.82. The summed E-state index contributed by atoms with van der Waals surface area (Å²) in [6.07, 6.45) is 3.59. The van der Waals surface area contributed by atoms with Gasteiger partial charge in [-0.1, -0.05) is 20.8 Å². The summed E-state index contributed by atoms with van der Waals surface area (Å²) in [6, 6.07) is 0. The molecule has 0 saturated carbocycles. The molecule has 1 aromatic heterocycles. The van der Waals surface area contributed by atoms with E-state index in [0.717, 1.165) is 26.1 Å². The second-order valence-corrected chi connectivity index (χ2v) is 6.55. The first kappa shape index (κ1) is 15.6. The molecule has 0 aliphatic heterocycles. The molecule has 0 aliphatic rings. The molecule has 0 saturated heterocycles. The van der Waals surface area contributed by atoms with E-state index in [4.69, 9.17) is 4.74 Å². The van der Waals surface area contributed by atoms with Crippen LogP contribution in [0.25, 0.3) is 0 Å². The van der Waals surface area contributed by atoms with Crippen LogP contribution in [0.1, 0.15) is 50.7 Å². The van der Waals surface area contributed by atoms with Crippen LogP contribution in [0.2, 0.25) is 0 Å². The lowest BCUT2D eigenvalue weighted by molar-refractivity contribution is 0.192. The van der Waals surface area contributed by atoms with E-state index < -0.39 is 0 Å². The van der Waals surface area contributed by atoms with Gasteiger partial charge in [0, 0.05) is 31.1 Å². The SMILES string of the molecule is COCCCCCNCc1nc(C(C)(C)C)cs1. The molecule has 0 aliphatic carbocycles. The highest BCUT2D eigenvalue weighted by atomic mass is 32.1. The van der Waals surface area contributed by atoms with E-state index in [1.54, 1.807) is 18.4 Å². The zero-order valence-corrected chi connectivity index (χ0v) is 12.9. The van der Waals surface area contributed by atoms with Gasteiger partial charge in [0.2, 0.25) is 0 Å². The fourth-order valence-electron chi connectivity index (χ4n) is 1.61. The lowest BCUT2D eigenvalue weighted by Crippen LogP contribution is -2.16. The third kappa shape index (κ3) is 5.94. The molecule has 0 unspecified atom stereocenters. The average Bonchev–Trinajstić information content (AvgIpc) is 2.76. The number of aromatic nitrogens is 1. The first-order valence-corrected chi connectivity index (χ1v) is 7.56. The normalized spacial score (nSPS) is 12.0. The van der Waals surface area contributed by atoms with Gasteiger partial charge < -0.3 is 10.1 Å². The Morgan fingerprint density at radius 2 is 2.06 bits per heavy atom. The maximum absolute atomic E-state index is 5.02. The molecule has 18 heavy (non-hydrogen) atoms. The van der Waals surface area contributed by atoms with E-state index in [1.807, 2.05) is 0 Å². The summed E-state index contributed by atoms with van der Waals surface area (Å²) in [7, 11) is 1.76. The number of rotatable bonds is 8. The fourth-order valence-corrected chi connectivity index (χ4v) is 2.60. The number of methoxy groups -OCH3 is 1. The smallest absolute Gasteiger partial charge is 0.107 e. The van der Waals surface area contributed by atoms with Crippen LogP contribution in [0.4, 0.5) is 0 Å². The van der Waals surface area contributed by atoms with E-state index in [2.05, 4.69) is 36.5 Å². The Labute approximate surface area is 115 Å². The van der Waals surface area contributed by atoms with Crippen molar-refractivity contribution in [1.29, 1.82) is 0 Å². The van der Waals surface area contributed by atoms with E-state index in [9.17, 15) is 0 Å². The van der Waals surface area contributed by atoms with Crippen LogP contribution >= 0.6 is 11.3 Å². The van der Waals surface area contributed by atoms with E-state index >= 15 is 0 Å². The molecule has 0 bridgehead atoms. The highest BCUT2D eigenvalue weighted by Crippen LogP contribution is 2.23. The van der Waals surface area contributed by atoms with Gasteiger partial charge in [-0.05, 0) is 25.8 Å². The van der Waals surface area contributed by atoms with Crippen LogP contribution in [0.5, 0.6) is 0 Å². The Morgan fingerprint density at radius 3 is 2.67 bits per heavy atom. The average molecular weight is 270 g/mol. The van der Waals surface area contributed by atoms with Crippen LogP contribution in [-0.4, -0.2) is 25.2 Å². The minimum atomic E-state index is 0.162. The monoisotopic (exact) mass is 270 g/mol. The molecule has 0 atom stereocenters. The van der Waals surface area contributed by atoms with Gasteiger partial charge in [-0.15, -0.1) is 11.3 Å². The highest BCUT2D eigenvalue weighted by molar-refractivity contribution is 7.09. The molecular weight excluding hydrogens is 244 g/mol. The topological polar surface area (TPSA) is 34.1 Å². The minimum absolute atomic E-state index is 0.162. The number of nitrogens with zero attached hydrogens (tertiary/aromatic N) is 1. The number of hydrogen-bond acceptors (Lipinski definition) is 4. The zero-order valence-electron chi connectivity index (χ0n) is 12.1. The second-order valence-electron chi connectivity index (χ2n) is 5.61. The first-order valence-electron chi connectivity index (χ1n) is 6.68. The van der Waals surface area contributed by atoms with Crippen molar-refractivity contribution in [2.75, 3.05) is 20.3 Å². The van der Waals surface area contributed by atoms with Gasteiger partial charge in [0.05, 0.1) is 5.69 Å². The van der Waals surface area contributed by atoms with Gasteiger partial charge in [0.1, 0.15) is 5.01 Å². The van der Waals surface area contributed by atoms with E-state index in [-0.39, 0.29) is 5.41 Å². The van der Waals surface area contributed by atoms with Crippen LogP contribution in [0.3, 0.4) is 0 Å². The Hall–Kier alpha value is -0.450. The number of thiazole rings is 1. The van der Waals surface area contributed by atoms with Crippen LogP contribution < -0.4 is 5.32 Å². The Bertz CT molecular complexity index is 331. The lowest BCUT2D eigenvalue weighted by Gasteiger charge is -2.14. The minimum Gasteiger partial charge on any atom is -0.385 e. The zero-order chi connectivity index (χ0) is 13.4. The number of nitrogens with one attached hydrogen (secondary N) is 1. The molecule has 4 heteroatoms. The van der Waals surface area contributed by atoms with Crippen molar-refractivity contribution < 1.29 is 4.74 Å². The van der Waals surface area contributed by atoms with Gasteiger partial charge >= 0.3 is 0 Å². The molecule has 0 radical (unpaired) electrons. The summed E-state index contributed by atoms with van der Waals surface area (Å²) in [5.41, 5.74) is 1.36. The number of ether oxygens (including phenoxy) is 1. The van der Waals surface area contributed by atoms with Crippen molar-refractivity contribution in [2.24, 2.45) is 0 Å². The maximum atomic E-state index is 5.02. The largest absolute Gasteiger partial charge is 0.385 e. The van der Waals surface area contributed by atoms with E-state index in [0.29, 0.717) is 0 Å². The molecule has 0 spiro atoms. The quantitative estimate of drug-likeness (QED) is 0.736. The van der Waals surface area contributed by atoms with Crippen molar-refractivity contribution in [3.63, 3.8) is 0 Å². The van der Waals surface area contributed by atoms with Crippen molar-refractivity contribution in [2.45, 2.75) is 52.0 Å². The van der Waals surface area contributed by atoms with Gasteiger partial charge in [-0.2, -0.15) is 0 Å². The molecule has 0 aromatic carbocycles. The second kappa shape index (κ2) is 7.87. The summed E-state index contributed by atoms with van der Waals surface area (Å²) < 4.78 is 5.02. The van der Waals surface area contributed by atoms with Gasteiger partial charge in [-0.25, -0.2) is 4.98 Å². The third-order valence-corrected chi connectivity index (χ3v) is 3.65. The fraction of sp³-hybridized carbons (Fsp3) is 0.786. The molecule has 1 rings (SSSR count). The summed E-state index contributed by atoms with van der Waals surface area (Å²) >= 11 is 1.75. The molecule has 104 valence electrons. The summed E-state index contributed by atoms with van der Waals surface area (Å²) in [4.78, 5) is 4.66. The molecule has 1 N–H and O–H groups in total. The van der Waals surface area contributed by atoms with Gasteiger partial charge in [0.15, 0.2) is 0 Å². The number of hydrogen-bond donors (Lipinski definition) is 1. The van der Waals surface area contributed by atoms with Crippen LogP contribution in [0.15, 0.2) is 5.38 Å². The Balaban J connectivity index is 2.14. The van der Waals surface area contributed by atoms with Crippen molar-refractivity contribution >= 4 is 11.3 Å². The maximum Gasteiger partial charge on any atom is 0.107 e. The Kier molecular flexibility index (Phi) is 6.82. The molecule has 1 heterocycles. The molecule has 3 nitrogen and oxygen atoms in total. The van der Waals surface area contributed by atoms with Crippen molar-refractivity contribution in [1.82, 2.24) is 10.3 Å².